The molecule has 1 amide bonds. The van der Waals surface area contributed by atoms with Crippen LogP contribution in [-0.4, -0.2) is 35.5 Å². The second-order valence-corrected chi connectivity index (χ2v) is 6.40. The van der Waals surface area contributed by atoms with Crippen molar-refractivity contribution in [1.82, 2.24) is 10.2 Å². The fraction of sp³-hybridized carbons (Fsp3) is 0.562. The zero-order valence-corrected chi connectivity index (χ0v) is 14.9. The number of hydrogen-bond donors (Lipinski definition) is 2. The van der Waals surface area contributed by atoms with Crippen molar-refractivity contribution < 1.29 is 13.6 Å². The minimum atomic E-state index is -0.681. The van der Waals surface area contributed by atoms with Crippen LogP contribution in [0.25, 0.3) is 0 Å². The third kappa shape index (κ3) is 4.79. The van der Waals surface area contributed by atoms with E-state index in [0.717, 1.165) is 32.2 Å². The Labute approximate surface area is 153 Å². The number of nitrogens with zero attached hydrogens (tertiary/aromatic N) is 1. The molecule has 2 aliphatic rings. The highest BCUT2D eigenvalue weighted by atomic mass is 35.5. The summed E-state index contributed by atoms with van der Waals surface area (Å²) < 4.78 is 27.4. The zero-order valence-electron chi connectivity index (χ0n) is 13.3. The molecule has 1 atom stereocenters. The van der Waals surface area contributed by atoms with Crippen LogP contribution in [0, 0.1) is 11.6 Å². The van der Waals surface area contributed by atoms with E-state index in [-0.39, 0.29) is 48.9 Å². The van der Waals surface area contributed by atoms with Crippen LogP contribution in [-0.2, 0) is 11.3 Å². The van der Waals surface area contributed by atoms with Crippen molar-refractivity contribution in [2.24, 2.45) is 5.73 Å². The van der Waals surface area contributed by atoms with Gasteiger partial charge in [-0.25, -0.2) is 8.78 Å². The first kappa shape index (κ1) is 21.1. The van der Waals surface area contributed by atoms with Gasteiger partial charge < -0.3 is 11.1 Å². The Hall–Kier alpha value is -0.950. The van der Waals surface area contributed by atoms with Gasteiger partial charge in [0.1, 0.15) is 11.6 Å². The highest BCUT2D eigenvalue weighted by Crippen LogP contribution is 2.32. The van der Waals surface area contributed by atoms with Gasteiger partial charge in [0.05, 0.1) is 5.54 Å². The molecule has 1 heterocycles. The Morgan fingerprint density at radius 1 is 1.29 bits per heavy atom. The molecule has 0 aromatic heterocycles. The largest absolute Gasteiger partial charge is 0.350 e. The molecule has 1 aromatic rings. The van der Waals surface area contributed by atoms with Gasteiger partial charge in [-0.1, -0.05) is 6.07 Å². The van der Waals surface area contributed by atoms with E-state index in [0.29, 0.717) is 6.54 Å². The Balaban J connectivity index is 0.00000144. The lowest BCUT2D eigenvalue weighted by atomic mass is 10.0. The maximum absolute atomic E-state index is 13.7. The normalized spacial score (nSPS) is 22.0. The first-order chi connectivity index (χ1) is 10.5. The molecular formula is C16H23Cl2F2N3O. The average molecular weight is 382 g/mol. The monoisotopic (exact) mass is 381 g/mol. The lowest BCUT2D eigenvalue weighted by molar-refractivity contribution is -0.124. The summed E-state index contributed by atoms with van der Waals surface area (Å²) in [5, 5.41) is 2.97. The Morgan fingerprint density at radius 2 is 1.92 bits per heavy atom. The van der Waals surface area contributed by atoms with Gasteiger partial charge in [0.2, 0.25) is 5.91 Å². The second kappa shape index (κ2) is 8.43. The molecule has 3 N–H and O–H groups in total. The molecule has 1 aliphatic carbocycles. The molecule has 2 fully saturated rings. The predicted molar refractivity (Wildman–Crippen MR) is 93.4 cm³/mol. The highest BCUT2D eigenvalue weighted by molar-refractivity contribution is 5.89. The molecule has 0 radical (unpaired) electrons. The van der Waals surface area contributed by atoms with E-state index in [9.17, 15) is 13.6 Å². The van der Waals surface area contributed by atoms with E-state index in [2.05, 4.69) is 5.32 Å². The van der Waals surface area contributed by atoms with Crippen LogP contribution < -0.4 is 11.1 Å². The average Bonchev–Trinajstić information content (AvgIpc) is 3.23. The Morgan fingerprint density at radius 3 is 2.50 bits per heavy atom. The lowest BCUT2D eigenvalue weighted by Gasteiger charge is -2.33. The van der Waals surface area contributed by atoms with Crippen LogP contribution in [0.1, 0.15) is 31.2 Å². The number of rotatable bonds is 4. The minimum Gasteiger partial charge on any atom is -0.350 e. The number of hydrogen-bond acceptors (Lipinski definition) is 3. The van der Waals surface area contributed by atoms with Crippen LogP contribution in [0.2, 0.25) is 0 Å². The summed E-state index contributed by atoms with van der Waals surface area (Å²) in [6.07, 6.45) is 3.22. The number of amides is 1. The van der Waals surface area contributed by atoms with Crippen molar-refractivity contribution in [2.75, 3.05) is 13.1 Å². The van der Waals surface area contributed by atoms with Crippen molar-refractivity contribution in [1.29, 1.82) is 0 Å². The summed E-state index contributed by atoms with van der Waals surface area (Å²) in [7, 11) is 0. The van der Waals surface area contributed by atoms with Crippen LogP contribution in [0.15, 0.2) is 18.2 Å². The molecule has 24 heavy (non-hydrogen) atoms. The number of carbonyl (C=O) groups excluding carboxylic acids is 1. The lowest BCUT2D eigenvalue weighted by Crippen LogP contribution is -2.52. The van der Waals surface area contributed by atoms with E-state index in [1.54, 1.807) is 0 Å². The van der Waals surface area contributed by atoms with Gasteiger partial charge in [-0.05, 0) is 44.4 Å². The first-order valence-corrected chi connectivity index (χ1v) is 7.73. The van der Waals surface area contributed by atoms with Crippen molar-refractivity contribution in [3.05, 3.63) is 35.4 Å². The fourth-order valence-electron chi connectivity index (χ4n) is 2.91. The molecule has 0 bridgehead atoms. The van der Waals surface area contributed by atoms with E-state index in [1.807, 2.05) is 4.90 Å². The summed E-state index contributed by atoms with van der Waals surface area (Å²) in [6, 6.07) is 3.90. The quantitative estimate of drug-likeness (QED) is 0.841. The molecule has 1 aliphatic heterocycles. The van der Waals surface area contributed by atoms with Gasteiger partial charge in [-0.15, -0.1) is 24.8 Å². The number of benzene rings is 1. The summed E-state index contributed by atoms with van der Waals surface area (Å²) in [5.74, 6) is -1.15. The summed E-state index contributed by atoms with van der Waals surface area (Å²) in [5.41, 5.74) is 5.29. The standard InChI is InChI=1S/C16H21F2N3O.2ClH/c17-13-4-1-5-14(18)12(13)10-21-8-2-3-11(9-21)20-15(22)16(19)6-7-16;;/h1,4-5,11H,2-3,6-10,19H2,(H,20,22);2*1H. The first-order valence-electron chi connectivity index (χ1n) is 7.73. The third-order valence-electron chi connectivity index (χ3n) is 4.53. The maximum Gasteiger partial charge on any atom is 0.240 e. The minimum absolute atomic E-state index is 0. The molecule has 4 nitrogen and oxygen atoms in total. The SMILES string of the molecule is Cl.Cl.NC1(C(=O)NC2CCCN(Cc3c(F)cccc3F)C2)CC1. The van der Waals surface area contributed by atoms with Crippen LogP contribution >= 0.6 is 24.8 Å². The second-order valence-electron chi connectivity index (χ2n) is 6.40. The van der Waals surface area contributed by atoms with E-state index in [4.69, 9.17) is 5.73 Å². The maximum atomic E-state index is 13.7. The molecule has 1 aromatic carbocycles. The molecule has 3 rings (SSSR count). The van der Waals surface area contributed by atoms with Gasteiger partial charge >= 0.3 is 0 Å². The molecule has 8 heteroatoms. The van der Waals surface area contributed by atoms with Gasteiger partial charge in [0.15, 0.2) is 0 Å². The van der Waals surface area contributed by atoms with Crippen molar-refractivity contribution in [3.63, 3.8) is 0 Å². The fourth-order valence-corrected chi connectivity index (χ4v) is 2.91. The van der Waals surface area contributed by atoms with Crippen LogP contribution in [0.5, 0.6) is 0 Å². The summed E-state index contributed by atoms with van der Waals surface area (Å²) >= 11 is 0. The van der Waals surface area contributed by atoms with E-state index >= 15 is 0 Å². The highest BCUT2D eigenvalue weighted by Gasteiger charge is 2.46. The molecule has 1 saturated heterocycles. The number of nitrogens with one attached hydrogen (secondary N) is 1. The molecule has 1 saturated carbocycles. The number of carbonyl (C=O) groups is 1. The Bertz CT molecular complexity index is 564. The van der Waals surface area contributed by atoms with Gasteiger partial charge in [-0.2, -0.15) is 0 Å². The number of likely N-dealkylation sites (tertiary alicyclic amines) is 1. The summed E-state index contributed by atoms with van der Waals surface area (Å²) in [4.78, 5) is 14.0. The van der Waals surface area contributed by atoms with Crippen molar-refractivity contribution >= 4 is 30.7 Å². The summed E-state index contributed by atoms with van der Waals surface area (Å²) in [6.45, 7) is 1.59. The van der Waals surface area contributed by atoms with E-state index in [1.165, 1.54) is 18.2 Å². The van der Waals surface area contributed by atoms with Crippen molar-refractivity contribution in [3.8, 4) is 0 Å². The molecule has 0 spiro atoms. The number of piperidine rings is 1. The Kier molecular flexibility index (Phi) is 7.41. The number of halogens is 4. The van der Waals surface area contributed by atoms with Crippen LogP contribution in [0.3, 0.4) is 0 Å². The molecular weight excluding hydrogens is 359 g/mol. The topological polar surface area (TPSA) is 58.4 Å². The molecule has 136 valence electrons. The third-order valence-corrected chi connectivity index (χ3v) is 4.53. The van der Waals surface area contributed by atoms with E-state index < -0.39 is 17.2 Å². The van der Waals surface area contributed by atoms with Crippen LogP contribution in [0.4, 0.5) is 8.78 Å². The molecule has 1 unspecified atom stereocenters. The number of nitrogens with two attached hydrogens (primary N) is 1. The predicted octanol–water partition coefficient (Wildman–Crippen LogP) is 2.38. The zero-order chi connectivity index (χ0) is 15.7. The van der Waals surface area contributed by atoms with Gasteiger partial charge in [-0.3, -0.25) is 9.69 Å². The van der Waals surface area contributed by atoms with Gasteiger partial charge in [0, 0.05) is 24.7 Å². The smallest absolute Gasteiger partial charge is 0.240 e. The van der Waals surface area contributed by atoms with Gasteiger partial charge in [0.25, 0.3) is 0 Å². The van der Waals surface area contributed by atoms with Crippen molar-refractivity contribution in [2.45, 2.75) is 43.8 Å².